The Morgan fingerprint density at radius 2 is 0.647 bits per heavy atom. The summed E-state index contributed by atoms with van der Waals surface area (Å²) < 4.78 is 17.5. The zero-order valence-corrected chi connectivity index (χ0v) is 45.9. The Morgan fingerprint density at radius 3 is 1.06 bits per heavy atom. The molecule has 0 saturated heterocycles. The minimum absolute atomic E-state index is 0.0811. The highest BCUT2D eigenvalue weighted by atomic mass is 16.6. The summed E-state index contributed by atoms with van der Waals surface area (Å²) in [5, 5.41) is 0. The predicted molar refractivity (Wildman–Crippen MR) is 298 cm³/mol. The van der Waals surface area contributed by atoms with Crippen molar-refractivity contribution in [3.63, 3.8) is 0 Å². The molecule has 0 spiro atoms. The number of carbonyl (C=O) groups excluding carboxylic acids is 2. The van der Waals surface area contributed by atoms with Gasteiger partial charge in [-0.2, -0.15) is 0 Å². The first-order valence-electron chi connectivity index (χ1n) is 30.2. The topological polar surface area (TPSA) is 61.8 Å². The zero-order chi connectivity index (χ0) is 49.2. The molecule has 0 radical (unpaired) electrons. The summed E-state index contributed by atoms with van der Waals surface area (Å²) in [7, 11) is 0. The molecule has 1 unspecified atom stereocenters. The van der Waals surface area contributed by atoms with Gasteiger partial charge in [0, 0.05) is 19.4 Å². The number of carbonyl (C=O) groups is 2. The van der Waals surface area contributed by atoms with Gasteiger partial charge in [-0.15, -0.1) is 0 Å². The molecule has 0 bridgehead atoms. The van der Waals surface area contributed by atoms with Gasteiger partial charge < -0.3 is 14.2 Å². The second-order valence-corrected chi connectivity index (χ2v) is 20.3. The second-order valence-electron chi connectivity index (χ2n) is 20.3. The fourth-order valence-electron chi connectivity index (χ4n) is 8.82. The van der Waals surface area contributed by atoms with Crippen LogP contribution in [0.5, 0.6) is 0 Å². The van der Waals surface area contributed by atoms with E-state index in [1.54, 1.807) is 0 Å². The Balaban J connectivity index is 4.20. The molecule has 0 heterocycles. The SMILES string of the molecule is CCC/C=C\C/C=C\CCCCCCCC(=O)OC(COCCCCCCCCCCCCCCCCCCCCCC)COC(=O)CCCCCCCCCCC/C=C\C/C=C\CCCCC. The van der Waals surface area contributed by atoms with E-state index in [4.69, 9.17) is 14.2 Å². The summed E-state index contributed by atoms with van der Waals surface area (Å²) in [5.41, 5.74) is 0. The minimum Gasteiger partial charge on any atom is -0.462 e. The van der Waals surface area contributed by atoms with Gasteiger partial charge in [-0.25, -0.2) is 0 Å². The van der Waals surface area contributed by atoms with Crippen LogP contribution in [0.2, 0.25) is 0 Å². The Morgan fingerprint density at radius 1 is 0.324 bits per heavy atom. The first-order chi connectivity index (χ1) is 33.6. The first kappa shape index (κ1) is 65.9. The molecule has 0 aromatic heterocycles. The smallest absolute Gasteiger partial charge is 0.306 e. The van der Waals surface area contributed by atoms with Crippen molar-refractivity contribution in [1.29, 1.82) is 0 Å². The summed E-state index contributed by atoms with van der Waals surface area (Å²) in [6.07, 6.45) is 74.3. The normalized spacial score (nSPS) is 12.5. The van der Waals surface area contributed by atoms with Crippen LogP contribution in [-0.2, 0) is 23.8 Å². The van der Waals surface area contributed by atoms with Gasteiger partial charge in [-0.05, 0) is 77.0 Å². The molecule has 0 fully saturated rings. The zero-order valence-electron chi connectivity index (χ0n) is 45.9. The van der Waals surface area contributed by atoms with Gasteiger partial charge in [0.1, 0.15) is 6.61 Å². The fraction of sp³-hybridized carbons (Fsp3) is 0.841. The van der Waals surface area contributed by atoms with E-state index in [0.717, 1.165) is 57.8 Å². The molecule has 0 N–H and O–H groups in total. The summed E-state index contributed by atoms with van der Waals surface area (Å²) in [4.78, 5) is 25.5. The average molecular weight is 954 g/mol. The number of unbranched alkanes of at least 4 members (excludes halogenated alkanes) is 37. The van der Waals surface area contributed by atoms with E-state index >= 15 is 0 Å². The molecule has 0 amide bonds. The van der Waals surface area contributed by atoms with Crippen LogP contribution in [0.25, 0.3) is 0 Å². The molecule has 0 aliphatic heterocycles. The van der Waals surface area contributed by atoms with Crippen LogP contribution in [0.3, 0.4) is 0 Å². The van der Waals surface area contributed by atoms with Crippen LogP contribution in [0.1, 0.15) is 316 Å². The molecule has 5 heteroatoms. The van der Waals surface area contributed by atoms with E-state index in [-0.39, 0.29) is 25.2 Å². The summed E-state index contributed by atoms with van der Waals surface area (Å²) in [6, 6.07) is 0. The standard InChI is InChI=1S/C63H116O5/c1-4-7-10-13-16-19-22-25-27-29-31-33-35-37-40-43-46-49-52-55-58-66-59-61(68-63(65)57-54-51-48-45-42-38-24-21-18-15-12-9-6-3)60-67-62(64)56-53-50-47-44-41-39-36-34-32-30-28-26-23-20-17-14-11-8-5-2/h12,15,17,20-21,24,26,28,61H,4-11,13-14,16,18-19,22-23,25,27,29-60H2,1-3H3/b15-12-,20-17-,24-21-,28-26-. The van der Waals surface area contributed by atoms with E-state index in [1.165, 1.54) is 225 Å². The van der Waals surface area contributed by atoms with Crippen molar-refractivity contribution in [2.24, 2.45) is 0 Å². The van der Waals surface area contributed by atoms with Gasteiger partial charge in [0.25, 0.3) is 0 Å². The molecule has 398 valence electrons. The quantitative estimate of drug-likeness (QED) is 0.0345. The van der Waals surface area contributed by atoms with Gasteiger partial charge in [0.05, 0.1) is 6.61 Å². The van der Waals surface area contributed by atoms with E-state index < -0.39 is 6.10 Å². The lowest BCUT2D eigenvalue weighted by atomic mass is 10.0. The number of hydrogen-bond donors (Lipinski definition) is 0. The first-order valence-corrected chi connectivity index (χ1v) is 30.2. The monoisotopic (exact) mass is 953 g/mol. The maximum Gasteiger partial charge on any atom is 0.306 e. The second kappa shape index (κ2) is 59.2. The largest absolute Gasteiger partial charge is 0.462 e. The number of allylic oxidation sites excluding steroid dienone is 8. The van der Waals surface area contributed by atoms with Gasteiger partial charge in [-0.1, -0.05) is 275 Å². The summed E-state index contributed by atoms with van der Waals surface area (Å²) in [5.74, 6) is -0.402. The van der Waals surface area contributed by atoms with Crippen LogP contribution in [0.15, 0.2) is 48.6 Å². The van der Waals surface area contributed by atoms with Crippen LogP contribution >= 0.6 is 0 Å². The van der Waals surface area contributed by atoms with E-state index in [2.05, 4.69) is 69.4 Å². The third kappa shape index (κ3) is 56.4. The van der Waals surface area contributed by atoms with Crippen molar-refractivity contribution in [3.8, 4) is 0 Å². The highest BCUT2D eigenvalue weighted by Crippen LogP contribution is 2.17. The van der Waals surface area contributed by atoms with Crippen molar-refractivity contribution < 1.29 is 23.8 Å². The lowest BCUT2D eigenvalue weighted by Crippen LogP contribution is -2.30. The highest BCUT2D eigenvalue weighted by molar-refractivity contribution is 5.70. The van der Waals surface area contributed by atoms with Crippen molar-refractivity contribution in [3.05, 3.63) is 48.6 Å². The number of rotatable bonds is 56. The molecule has 0 saturated carbocycles. The van der Waals surface area contributed by atoms with Crippen molar-refractivity contribution in [1.82, 2.24) is 0 Å². The predicted octanol–water partition coefficient (Wildman–Crippen LogP) is 20.7. The fourth-order valence-corrected chi connectivity index (χ4v) is 8.82. The van der Waals surface area contributed by atoms with Crippen LogP contribution < -0.4 is 0 Å². The van der Waals surface area contributed by atoms with Gasteiger partial charge in [-0.3, -0.25) is 9.59 Å². The lowest BCUT2D eigenvalue weighted by molar-refractivity contribution is -0.163. The maximum absolute atomic E-state index is 12.8. The molecular formula is C63H116O5. The van der Waals surface area contributed by atoms with Gasteiger partial charge in [0.15, 0.2) is 6.10 Å². The molecule has 0 aromatic rings. The van der Waals surface area contributed by atoms with Crippen LogP contribution in [-0.4, -0.2) is 37.9 Å². The maximum atomic E-state index is 12.8. The van der Waals surface area contributed by atoms with Crippen molar-refractivity contribution >= 4 is 11.9 Å². The Hall–Kier alpha value is -2.14. The van der Waals surface area contributed by atoms with Crippen LogP contribution in [0, 0.1) is 0 Å². The van der Waals surface area contributed by atoms with Crippen LogP contribution in [0.4, 0.5) is 0 Å². The minimum atomic E-state index is -0.543. The molecule has 5 nitrogen and oxygen atoms in total. The molecule has 1 atom stereocenters. The van der Waals surface area contributed by atoms with Gasteiger partial charge >= 0.3 is 11.9 Å². The molecule has 0 aliphatic carbocycles. The Kier molecular flexibility index (Phi) is 57.3. The number of hydrogen-bond acceptors (Lipinski definition) is 5. The van der Waals surface area contributed by atoms with E-state index in [0.29, 0.717) is 19.4 Å². The third-order valence-electron chi connectivity index (χ3n) is 13.3. The molecular weight excluding hydrogens is 837 g/mol. The lowest BCUT2D eigenvalue weighted by Gasteiger charge is -2.18. The summed E-state index contributed by atoms with van der Waals surface area (Å²) >= 11 is 0. The van der Waals surface area contributed by atoms with E-state index in [9.17, 15) is 9.59 Å². The highest BCUT2D eigenvalue weighted by Gasteiger charge is 2.17. The number of ether oxygens (including phenoxy) is 3. The van der Waals surface area contributed by atoms with E-state index in [1.807, 2.05) is 0 Å². The average Bonchev–Trinajstić information content (AvgIpc) is 3.34. The molecule has 68 heavy (non-hydrogen) atoms. The summed E-state index contributed by atoms with van der Waals surface area (Å²) in [6.45, 7) is 7.78. The molecule has 0 aliphatic rings. The Labute approximate surface area is 424 Å². The molecule has 0 rings (SSSR count). The van der Waals surface area contributed by atoms with Gasteiger partial charge in [0.2, 0.25) is 0 Å². The number of esters is 2. The molecule has 0 aromatic carbocycles. The Bertz CT molecular complexity index is 1120. The van der Waals surface area contributed by atoms with Crippen molar-refractivity contribution in [2.45, 2.75) is 322 Å². The van der Waals surface area contributed by atoms with Crippen molar-refractivity contribution in [2.75, 3.05) is 19.8 Å². The third-order valence-corrected chi connectivity index (χ3v) is 13.3.